The fourth-order valence-electron chi connectivity index (χ4n) is 3.67. The predicted molar refractivity (Wildman–Crippen MR) is 107 cm³/mol. The van der Waals surface area contributed by atoms with Gasteiger partial charge in [-0.2, -0.15) is 5.26 Å². The molecule has 1 N–H and O–H groups in total. The molecule has 0 saturated heterocycles. The second-order valence-electron chi connectivity index (χ2n) is 6.93. The molecule has 0 aromatic heterocycles. The van der Waals surface area contributed by atoms with Gasteiger partial charge in [-0.25, -0.2) is 0 Å². The summed E-state index contributed by atoms with van der Waals surface area (Å²) in [5.74, 6) is 1.35. The summed E-state index contributed by atoms with van der Waals surface area (Å²) in [5.41, 5.74) is 3.26. The average molecular weight is 365 g/mol. The lowest BCUT2D eigenvalue weighted by Gasteiger charge is -2.30. The molecule has 3 rings (SSSR count). The van der Waals surface area contributed by atoms with E-state index in [2.05, 4.69) is 35.7 Å². The van der Waals surface area contributed by atoms with Gasteiger partial charge in [0.15, 0.2) is 0 Å². The van der Waals surface area contributed by atoms with Crippen LogP contribution in [0.15, 0.2) is 54.6 Å². The Kier molecular flexibility index (Phi) is 6.35. The van der Waals surface area contributed by atoms with E-state index in [0.29, 0.717) is 11.3 Å². The van der Waals surface area contributed by atoms with Gasteiger partial charge in [-0.1, -0.05) is 55.3 Å². The SMILES string of the molecule is N#Cc1ccc(CSCC(=O)NCC2(c3ccccc3)CCCC2)cc1. The summed E-state index contributed by atoms with van der Waals surface area (Å²) < 4.78 is 0. The Hall–Kier alpha value is -2.25. The molecule has 1 aliphatic carbocycles. The molecule has 0 spiro atoms. The van der Waals surface area contributed by atoms with E-state index < -0.39 is 0 Å². The van der Waals surface area contributed by atoms with Crippen LogP contribution >= 0.6 is 11.8 Å². The lowest BCUT2D eigenvalue weighted by Crippen LogP contribution is -2.39. The maximum Gasteiger partial charge on any atom is 0.230 e. The van der Waals surface area contributed by atoms with Gasteiger partial charge >= 0.3 is 0 Å². The molecule has 134 valence electrons. The van der Waals surface area contributed by atoms with Crippen LogP contribution in [0.3, 0.4) is 0 Å². The number of benzene rings is 2. The van der Waals surface area contributed by atoms with Crippen molar-refractivity contribution in [3.05, 3.63) is 71.3 Å². The summed E-state index contributed by atoms with van der Waals surface area (Å²) in [6, 6.07) is 20.3. The number of thioether (sulfide) groups is 1. The minimum atomic E-state index is 0.103. The van der Waals surface area contributed by atoms with Crippen molar-refractivity contribution in [1.29, 1.82) is 5.26 Å². The van der Waals surface area contributed by atoms with E-state index >= 15 is 0 Å². The molecule has 1 aliphatic rings. The largest absolute Gasteiger partial charge is 0.354 e. The van der Waals surface area contributed by atoms with E-state index in [1.165, 1.54) is 18.4 Å². The Balaban J connectivity index is 1.47. The molecule has 0 atom stereocenters. The standard InChI is InChI=1S/C22H24N2OS/c23-14-18-8-10-19(11-9-18)15-26-16-21(25)24-17-22(12-4-5-13-22)20-6-2-1-3-7-20/h1-3,6-11H,4-5,12-13,15-17H2,(H,24,25). The third-order valence-corrected chi connectivity index (χ3v) is 6.16. The van der Waals surface area contributed by atoms with E-state index in [9.17, 15) is 4.79 Å². The normalized spacial score (nSPS) is 15.3. The number of hydrogen-bond acceptors (Lipinski definition) is 3. The molecular weight excluding hydrogens is 340 g/mol. The first-order valence-corrected chi connectivity index (χ1v) is 10.3. The third kappa shape index (κ3) is 4.68. The van der Waals surface area contributed by atoms with Crippen LogP contribution in [-0.4, -0.2) is 18.2 Å². The van der Waals surface area contributed by atoms with Crippen LogP contribution in [0.5, 0.6) is 0 Å². The summed E-state index contributed by atoms with van der Waals surface area (Å²) >= 11 is 1.61. The number of carbonyl (C=O) groups excluding carboxylic acids is 1. The van der Waals surface area contributed by atoms with Crippen molar-refractivity contribution in [1.82, 2.24) is 5.32 Å². The van der Waals surface area contributed by atoms with Crippen molar-refractivity contribution in [2.24, 2.45) is 0 Å². The van der Waals surface area contributed by atoms with E-state index in [4.69, 9.17) is 5.26 Å². The topological polar surface area (TPSA) is 52.9 Å². The molecule has 0 bridgehead atoms. The van der Waals surface area contributed by atoms with E-state index in [0.717, 1.165) is 30.7 Å². The zero-order chi connectivity index (χ0) is 18.2. The maximum absolute atomic E-state index is 12.3. The van der Waals surface area contributed by atoms with Crippen LogP contribution in [0.2, 0.25) is 0 Å². The first kappa shape index (κ1) is 18.5. The van der Waals surface area contributed by atoms with Gasteiger partial charge in [-0.3, -0.25) is 4.79 Å². The number of amides is 1. The maximum atomic E-state index is 12.3. The Labute approximate surface area is 159 Å². The van der Waals surface area contributed by atoms with Gasteiger partial charge in [-0.15, -0.1) is 11.8 Å². The molecule has 0 radical (unpaired) electrons. The molecule has 0 aliphatic heterocycles. The van der Waals surface area contributed by atoms with Gasteiger partial charge < -0.3 is 5.32 Å². The highest BCUT2D eigenvalue weighted by Crippen LogP contribution is 2.40. The molecule has 0 heterocycles. The summed E-state index contributed by atoms with van der Waals surface area (Å²) in [7, 11) is 0. The summed E-state index contributed by atoms with van der Waals surface area (Å²) in [5, 5.41) is 12.0. The van der Waals surface area contributed by atoms with Gasteiger partial charge in [0.1, 0.15) is 0 Å². The van der Waals surface area contributed by atoms with Crippen molar-refractivity contribution in [3.63, 3.8) is 0 Å². The lowest BCUT2D eigenvalue weighted by molar-refractivity contribution is -0.118. The summed E-state index contributed by atoms with van der Waals surface area (Å²) in [6.45, 7) is 0.729. The zero-order valence-corrected chi connectivity index (χ0v) is 15.7. The Morgan fingerprint density at radius 1 is 1.08 bits per heavy atom. The zero-order valence-electron chi connectivity index (χ0n) is 14.9. The molecular formula is C22H24N2OS. The first-order chi connectivity index (χ1) is 12.7. The van der Waals surface area contributed by atoms with E-state index in [-0.39, 0.29) is 11.3 Å². The van der Waals surface area contributed by atoms with Crippen molar-refractivity contribution in [2.45, 2.75) is 36.9 Å². The smallest absolute Gasteiger partial charge is 0.230 e. The van der Waals surface area contributed by atoms with Gasteiger partial charge in [0.2, 0.25) is 5.91 Å². The minimum Gasteiger partial charge on any atom is -0.354 e. The van der Waals surface area contributed by atoms with Crippen LogP contribution in [-0.2, 0) is 16.0 Å². The lowest BCUT2D eigenvalue weighted by atomic mass is 9.79. The number of rotatable bonds is 7. The van der Waals surface area contributed by atoms with Crippen molar-refractivity contribution in [3.8, 4) is 6.07 Å². The summed E-state index contributed by atoms with van der Waals surface area (Å²) in [4.78, 5) is 12.3. The fraction of sp³-hybridized carbons (Fsp3) is 0.364. The highest BCUT2D eigenvalue weighted by Gasteiger charge is 2.35. The van der Waals surface area contributed by atoms with Crippen molar-refractivity contribution in [2.75, 3.05) is 12.3 Å². The fourth-order valence-corrected chi connectivity index (χ4v) is 4.48. The highest BCUT2D eigenvalue weighted by atomic mass is 32.2. The molecule has 1 amide bonds. The second-order valence-corrected chi connectivity index (χ2v) is 7.92. The summed E-state index contributed by atoms with van der Waals surface area (Å²) in [6.07, 6.45) is 4.77. The molecule has 0 unspecified atom stereocenters. The van der Waals surface area contributed by atoms with Gasteiger partial charge in [0.25, 0.3) is 0 Å². The molecule has 2 aromatic carbocycles. The molecule has 1 saturated carbocycles. The predicted octanol–water partition coefficient (Wildman–Crippen LogP) is 4.42. The van der Waals surface area contributed by atoms with E-state index in [1.54, 1.807) is 11.8 Å². The Morgan fingerprint density at radius 2 is 1.77 bits per heavy atom. The quantitative estimate of drug-likeness (QED) is 0.791. The average Bonchev–Trinajstić information content (AvgIpc) is 3.18. The van der Waals surface area contributed by atoms with Crippen LogP contribution in [0.4, 0.5) is 0 Å². The molecule has 3 nitrogen and oxygen atoms in total. The molecule has 1 fully saturated rings. The van der Waals surface area contributed by atoms with Gasteiger partial charge in [-0.05, 0) is 36.1 Å². The Bertz CT molecular complexity index is 759. The monoisotopic (exact) mass is 364 g/mol. The van der Waals surface area contributed by atoms with Gasteiger partial charge in [0, 0.05) is 17.7 Å². The second kappa shape index (κ2) is 8.91. The van der Waals surface area contributed by atoms with Crippen LogP contribution < -0.4 is 5.32 Å². The van der Waals surface area contributed by atoms with Gasteiger partial charge in [0.05, 0.1) is 17.4 Å². The van der Waals surface area contributed by atoms with Crippen LogP contribution in [0.1, 0.15) is 42.4 Å². The van der Waals surface area contributed by atoms with Crippen LogP contribution in [0, 0.1) is 11.3 Å². The molecule has 26 heavy (non-hydrogen) atoms. The molecule has 4 heteroatoms. The molecule has 2 aromatic rings. The first-order valence-electron chi connectivity index (χ1n) is 9.11. The van der Waals surface area contributed by atoms with Crippen molar-refractivity contribution >= 4 is 17.7 Å². The number of nitrogens with zero attached hydrogens (tertiary/aromatic N) is 1. The minimum absolute atomic E-state index is 0.103. The highest BCUT2D eigenvalue weighted by molar-refractivity contribution is 7.99. The number of carbonyl (C=O) groups is 1. The number of hydrogen-bond donors (Lipinski definition) is 1. The Morgan fingerprint density at radius 3 is 2.42 bits per heavy atom. The van der Waals surface area contributed by atoms with Crippen molar-refractivity contribution < 1.29 is 4.79 Å². The van der Waals surface area contributed by atoms with E-state index in [1.807, 2.05) is 30.3 Å². The number of nitrogens with one attached hydrogen (secondary N) is 1. The number of nitriles is 1. The third-order valence-electron chi connectivity index (χ3n) is 5.16. The van der Waals surface area contributed by atoms with Crippen LogP contribution in [0.25, 0.3) is 0 Å².